The van der Waals surface area contributed by atoms with E-state index < -0.39 is 23.4 Å². The Morgan fingerprint density at radius 3 is 2.64 bits per heavy atom. The SMILES string of the molecule is CCOC(=O)c1nn(-c2cccc(OC)c2)c(=O)c2c(NC(=O)C3CC(=O)N(c4ccc(Cl)cc4)C3)scc12. The molecule has 1 atom stereocenters. The quantitative estimate of drug-likeness (QED) is 0.332. The van der Waals surface area contributed by atoms with Crippen LogP contribution in [0.15, 0.2) is 58.7 Å². The molecule has 1 saturated heterocycles. The second-order valence-corrected chi connectivity index (χ2v) is 10.0. The van der Waals surface area contributed by atoms with Gasteiger partial charge in [-0.05, 0) is 43.3 Å². The number of ether oxygens (including phenoxy) is 2. The van der Waals surface area contributed by atoms with Crippen LogP contribution in [0.1, 0.15) is 23.8 Å². The first-order valence-corrected chi connectivity index (χ1v) is 13.3. The number of esters is 1. The molecule has 200 valence electrons. The highest BCUT2D eigenvalue weighted by molar-refractivity contribution is 7.16. The Morgan fingerprint density at radius 2 is 1.92 bits per heavy atom. The minimum absolute atomic E-state index is 0.0153. The number of amides is 2. The normalized spacial score (nSPS) is 15.0. The minimum atomic E-state index is -0.699. The molecule has 2 amide bonds. The third-order valence-corrected chi connectivity index (χ3v) is 7.44. The number of nitrogens with one attached hydrogen (secondary N) is 1. The second kappa shape index (κ2) is 10.9. The molecule has 1 aliphatic rings. The number of aromatic nitrogens is 2. The Labute approximate surface area is 231 Å². The summed E-state index contributed by atoms with van der Waals surface area (Å²) in [5, 5.41) is 9.88. The molecular weight excluding hydrogens is 544 g/mol. The monoisotopic (exact) mass is 566 g/mol. The lowest BCUT2D eigenvalue weighted by Gasteiger charge is -2.16. The largest absolute Gasteiger partial charge is 0.497 e. The molecule has 3 heterocycles. The van der Waals surface area contributed by atoms with E-state index in [2.05, 4.69) is 10.4 Å². The van der Waals surface area contributed by atoms with Gasteiger partial charge in [0.1, 0.15) is 10.8 Å². The summed E-state index contributed by atoms with van der Waals surface area (Å²) in [4.78, 5) is 53.9. The van der Waals surface area contributed by atoms with Crippen LogP contribution in [0, 0.1) is 5.92 Å². The van der Waals surface area contributed by atoms with Gasteiger partial charge in [0.25, 0.3) is 5.56 Å². The Hall–Kier alpha value is -4.22. The van der Waals surface area contributed by atoms with Crippen molar-refractivity contribution in [2.75, 3.05) is 30.5 Å². The van der Waals surface area contributed by atoms with Crippen LogP contribution < -0.4 is 20.5 Å². The smallest absolute Gasteiger partial charge is 0.359 e. The van der Waals surface area contributed by atoms with Crippen LogP contribution in [0.3, 0.4) is 0 Å². The molecule has 2 aromatic heterocycles. The van der Waals surface area contributed by atoms with Crippen LogP contribution in [0.4, 0.5) is 10.7 Å². The molecule has 10 nitrogen and oxygen atoms in total. The standard InChI is InChI=1S/C27H23ClN4O6S/c1-3-38-27(36)23-20-14-39-25(22(20)26(35)32(30-23)18-5-4-6-19(12-18)37-2)29-24(34)15-11-21(33)31(13-15)17-9-7-16(28)8-10-17/h4-10,12,14-15H,3,11,13H2,1-2H3,(H,29,34). The molecule has 4 aromatic rings. The van der Waals surface area contributed by atoms with Crippen LogP contribution in [-0.2, 0) is 14.3 Å². The molecule has 39 heavy (non-hydrogen) atoms. The van der Waals surface area contributed by atoms with Gasteiger partial charge in [-0.2, -0.15) is 9.78 Å². The maximum Gasteiger partial charge on any atom is 0.359 e. The number of hydrogen-bond donors (Lipinski definition) is 1. The molecule has 0 radical (unpaired) electrons. The van der Waals surface area contributed by atoms with Crippen molar-refractivity contribution in [2.24, 2.45) is 5.92 Å². The van der Waals surface area contributed by atoms with Gasteiger partial charge >= 0.3 is 5.97 Å². The maximum absolute atomic E-state index is 13.7. The molecule has 0 saturated carbocycles. The van der Waals surface area contributed by atoms with E-state index in [1.807, 2.05) is 0 Å². The molecule has 1 fully saturated rings. The summed E-state index contributed by atoms with van der Waals surface area (Å²) >= 11 is 7.05. The Bertz CT molecular complexity index is 1650. The molecule has 5 rings (SSSR count). The van der Waals surface area contributed by atoms with Crippen molar-refractivity contribution in [1.29, 1.82) is 0 Å². The van der Waals surface area contributed by atoms with E-state index in [9.17, 15) is 19.2 Å². The number of methoxy groups -OCH3 is 1. The summed E-state index contributed by atoms with van der Waals surface area (Å²) in [5.41, 5.74) is 0.423. The van der Waals surface area contributed by atoms with Crippen molar-refractivity contribution in [2.45, 2.75) is 13.3 Å². The van der Waals surface area contributed by atoms with Gasteiger partial charge in [-0.1, -0.05) is 17.7 Å². The number of carbonyl (C=O) groups is 3. The molecular formula is C27H23ClN4O6S. The lowest BCUT2D eigenvalue weighted by Crippen LogP contribution is -2.29. The highest BCUT2D eigenvalue weighted by Gasteiger charge is 2.36. The molecule has 0 aliphatic carbocycles. The lowest BCUT2D eigenvalue weighted by atomic mass is 10.1. The number of thiophene rings is 1. The van der Waals surface area contributed by atoms with Gasteiger partial charge in [-0.15, -0.1) is 11.3 Å². The van der Waals surface area contributed by atoms with Gasteiger partial charge < -0.3 is 19.7 Å². The minimum Gasteiger partial charge on any atom is -0.497 e. The number of hydrogen-bond acceptors (Lipinski definition) is 8. The van der Waals surface area contributed by atoms with Crippen molar-refractivity contribution in [3.8, 4) is 11.4 Å². The van der Waals surface area contributed by atoms with Gasteiger partial charge in [0.05, 0.1) is 30.7 Å². The second-order valence-electron chi connectivity index (χ2n) is 8.71. The number of nitrogens with zero attached hydrogens (tertiary/aromatic N) is 3. The van der Waals surface area contributed by atoms with E-state index >= 15 is 0 Å². The predicted molar refractivity (Wildman–Crippen MR) is 148 cm³/mol. The first-order valence-electron chi connectivity index (χ1n) is 12.0. The number of benzene rings is 2. The first-order chi connectivity index (χ1) is 18.8. The number of carbonyl (C=O) groups excluding carboxylic acids is 3. The average molecular weight is 567 g/mol. The number of anilines is 2. The Kier molecular flexibility index (Phi) is 7.36. The van der Waals surface area contributed by atoms with Crippen molar-refractivity contribution in [3.05, 3.63) is 75.0 Å². The van der Waals surface area contributed by atoms with E-state index in [0.29, 0.717) is 22.1 Å². The zero-order chi connectivity index (χ0) is 27.7. The van der Waals surface area contributed by atoms with Crippen molar-refractivity contribution < 1.29 is 23.9 Å². The van der Waals surface area contributed by atoms with Gasteiger partial charge in [0.2, 0.25) is 11.8 Å². The van der Waals surface area contributed by atoms with Crippen molar-refractivity contribution in [1.82, 2.24) is 9.78 Å². The number of halogens is 1. The fourth-order valence-corrected chi connectivity index (χ4v) is 5.44. The molecule has 0 bridgehead atoms. The molecule has 1 unspecified atom stereocenters. The summed E-state index contributed by atoms with van der Waals surface area (Å²) in [6, 6.07) is 13.5. The van der Waals surface area contributed by atoms with Gasteiger partial charge in [0.15, 0.2) is 5.69 Å². The molecule has 2 aromatic carbocycles. The fourth-order valence-electron chi connectivity index (χ4n) is 4.38. The van der Waals surface area contributed by atoms with Gasteiger partial charge in [-0.25, -0.2) is 4.79 Å². The first kappa shape index (κ1) is 26.4. The van der Waals surface area contributed by atoms with Crippen LogP contribution in [0.2, 0.25) is 5.02 Å². The van der Waals surface area contributed by atoms with E-state index in [0.717, 1.165) is 16.0 Å². The molecule has 1 aliphatic heterocycles. The molecule has 1 N–H and O–H groups in total. The predicted octanol–water partition coefficient (Wildman–Crippen LogP) is 4.28. The van der Waals surface area contributed by atoms with E-state index in [1.54, 1.807) is 60.8 Å². The van der Waals surface area contributed by atoms with Crippen molar-refractivity contribution in [3.63, 3.8) is 0 Å². The summed E-state index contributed by atoms with van der Waals surface area (Å²) in [6.45, 7) is 1.97. The zero-order valence-electron chi connectivity index (χ0n) is 21.0. The topological polar surface area (TPSA) is 120 Å². The average Bonchev–Trinajstić information content (AvgIpc) is 3.53. The Morgan fingerprint density at radius 1 is 1.15 bits per heavy atom. The summed E-state index contributed by atoms with van der Waals surface area (Å²) in [5.74, 6) is -1.45. The number of fused-ring (bicyclic) bond motifs is 1. The lowest BCUT2D eigenvalue weighted by molar-refractivity contribution is -0.122. The van der Waals surface area contributed by atoms with E-state index in [-0.39, 0.29) is 46.9 Å². The molecule has 12 heteroatoms. The van der Waals surface area contributed by atoms with Crippen LogP contribution >= 0.6 is 22.9 Å². The van der Waals surface area contributed by atoms with Gasteiger partial charge in [-0.3, -0.25) is 14.4 Å². The highest BCUT2D eigenvalue weighted by Crippen LogP contribution is 2.33. The van der Waals surface area contributed by atoms with E-state index in [1.165, 1.54) is 12.0 Å². The maximum atomic E-state index is 13.7. The van der Waals surface area contributed by atoms with Gasteiger partial charge in [0, 0.05) is 40.5 Å². The molecule has 0 spiro atoms. The summed E-state index contributed by atoms with van der Waals surface area (Å²) in [7, 11) is 1.50. The van der Waals surface area contributed by atoms with E-state index in [4.69, 9.17) is 21.1 Å². The summed E-state index contributed by atoms with van der Waals surface area (Å²) in [6.07, 6.45) is 0.0153. The summed E-state index contributed by atoms with van der Waals surface area (Å²) < 4.78 is 11.5. The van der Waals surface area contributed by atoms with Crippen molar-refractivity contribution >= 4 is 62.2 Å². The third-order valence-electron chi connectivity index (χ3n) is 6.29. The fraction of sp³-hybridized carbons (Fsp3) is 0.222. The highest BCUT2D eigenvalue weighted by atomic mass is 35.5. The van der Waals surface area contributed by atoms with Crippen LogP contribution in [0.5, 0.6) is 5.75 Å². The van der Waals surface area contributed by atoms with Crippen LogP contribution in [0.25, 0.3) is 16.5 Å². The van der Waals surface area contributed by atoms with Crippen LogP contribution in [-0.4, -0.2) is 47.8 Å². The number of rotatable bonds is 7. The zero-order valence-corrected chi connectivity index (χ0v) is 22.5. The third kappa shape index (κ3) is 5.10. The Balaban J connectivity index is 1.51.